The summed E-state index contributed by atoms with van der Waals surface area (Å²) >= 11 is 0. The lowest BCUT2D eigenvalue weighted by Gasteiger charge is -2.23. The highest BCUT2D eigenvalue weighted by Crippen LogP contribution is 2.37. The van der Waals surface area contributed by atoms with E-state index in [1.165, 1.54) is 43.0 Å². The first-order chi connectivity index (χ1) is 19.1. The van der Waals surface area contributed by atoms with E-state index in [0.29, 0.717) is 40.9 Å². The smallest absolute Gasteiger partial charge is 0.255 e. The van der Waals surface area contributed by atoms with Gasteiger partial charge in [-0.15, -0.1) is 0 Å². The molecule has 1 saturated carbocycles. The second-order valence-corrected chi connectivity index (χ2v) is 9.56. The van der Waals surface area contributed by atoms with E-state index in [-0.39, 0.29) is 17.2 Å². The predicted molar refractivity (Wildman–Crippen MR) is 148 cm³/mol. The van der Waals surface area contributed by atoms with Crippen molar-refractivity contribution in [2.75, 3.05) is 12.4 Å². The van der Waals surface area contributed by atoms with Gasteiger partial charge in [0.05, 0.1) is 24.1 Å². The molecule has 0 spiro atoms. The van der Waals surface area contributed by atoms with Crippen LogP contribution in [0, 0.1) is 5.82 Å². The number of methoxy groups -OCH3 is 1. The molecule has 39 heavy (non-hydrogen) atoms. The summed E-state index contributed by atoms with van der Waals surface area (Å²) in [5.74, 6) is 0.764. The predicted octanol–water partition coefficient (Wildman–Crippen LogP) is 7.34. The molecule has 2 heterocycles. The van der Waals surface area contributed by atoms with Crippen molar-refractivity contribution in [3.8, 4) is 28.6 Å². The van der Waals surface area contributed by atoms with Gasteiger partial charge in [0.25, 0.3) is 5.91 Å². The highest BCUT2D eigenvalue weighted by atomic mass is 19.1. The third kappa shape index (κ3) is 6.06. The first-order valence-electron chi connectivity index (χ1n) is 13.3. The van der Waals surface area contributed by atoms with Crippen LogP contribution < -0.4 is 14.8 Å². The van der Waals surface area contributed by atoms with E-state index < -0.39 is 11.7 Å². The molecular formula is C31H31FN4O3. The van der Waals surface area contributed by atoms with Gasteiger partial charge in [0.2, 0.25) is 5.88 Å². The molecule has 1 aliphatic carbocycles. The van der Waals surface area contributed by atoms with Crippen molar-refractivity contribution in [2.45, 2.75) is 51.4 Å². The number of ether oxygens (including phenoxy) is 2. The second-order valence-electron chi connectivity index (χ2n) is 9.56. The molecule has 2 aromatic carbocycles. The number of aryl methyl sites for hydroxylation is 1. The zero-order valence-corrected chi connectivity index (χ0v) is 22.1. The Bertz CT molecular complexity index is 1470. The fourth-order valence-corrected chi connectivity index (χ4v) is 4.92. The largest absolute Gasteiger partial charge is 0.495 e. The number of anilines is 1. The molecule has 0 atom stereocenters. The van der Waals surface area contributed by atoms with Crippen molar-refractivity contribution >= 4 is 11.6 Å². The van der Waals surface area contributed by atoms with Crippen LogP contribution in [-0.2, 0) is 6.42 Å². The summed E-state index contributed by atoms with van der Waals surface area (Å²) in [5.41, 5.74) is 3.22. The van der Waals surface area contributed by atoms with Crippen LogP contribution in [0.3, 0.4) is 0 Å². The highest BCUT2D eigenvalue weighted by molar-refractivity contribution is 6.05. The summed E-state index contributed by atoms with van der Waals surface area (Å²) < 4.78 is 26.2. The fraction of sp³-hybridized carbons (Fsp3) is 0.290. The van der Waals surface area contributed by atoms with Gasteiger partial charge in [0.1, 0.15) is 11.6 Å². The average molecular weight is 527 g/mol. The summed E-state index contributed by atoms with van der Waals surface area (Å²) in [7, 11) is 1.57. The van der Waals surface area contributed by atoms with Gasteiger partial charge in [-0.2, -0.15) is 0 Å². The number of carbonyl (C=O) groups excluding carboxylic acids is 1. The number of pyridine rings is 1. The van der Waals surface area contributed by atoms with Crippen LogP contribution in [0.1, 0.15) is 66.7 Å². The lowest BCUT2D eigenvalue weighted by atomic mass is 9.84. The quantitative estimate of drug-likeness (QED) is 0.258. The van der Waals surface area contributed by atoms with Crippen LogP contribution in [0.2, 0.25) is 0 Å². The SMILES string of the molecule is CCc1nccc(-c2cccnc2Oc2cc(C(=O)Nc3cc(C4CCCCC4)ccc3OC)ccc2F)n1. The maximum atomic E-state index is 14.8. The standard InChI is InChI=1S/C31H31FN4O3/c1-3-29-33-17-15-25(35-29)23-10-7-16-34-31(23)39-28-19-22(11-13-24(28)32)30(37)36-26-18-21(12-14-27(26)38-2)20-8-5-4-6-9-20/h7,10-20H,3-6,8-9H2,1-2H3,(H,36,37). The van der Waals surface area contributed by atoms with E-state index >= 15 is 0 Å². The molecule has 0 saturated heterocycles. The zero-order valence-electron chi connectivity index (χ0n) is 22.1. The topological polar surface area (TPSA) is 86.2 Å². The molecular weight excluding hydrogens is 495 g/mol. The molecule has 8 heteroatoms. The van der Waals surface area contributed by atoms with Crippen molar-refractivity contribution < 1.29 is 18.7 Å². The van der Waals surface area contributed by atoms with Gasteiger partial charge in [-0.1, -0.05) is 32.3 Å². The number of halogens is 1. The second kappa shape index (κ2) is 12.0. The van der Waals surface area contributed by atoms with Crippen molar-refractivity contribution in [3.05, 3.63) is 89.8 Å². The Balaban J connectivity index is 1.40. The first-order valence-corrected chi connectivity index (χ1v) is 13.3. The molecule has 5 rings (SSSR count). The van der Waals surface area contributed by atoms with Crippen LogP contribution in [0.25, 0.3) is 11.3 Å². The van der Waals surface area contributed by atoms with Gasteiger partial charge in [-0.05, 0) is 72.9 Å². The molecule has 7 nitrogen and oxygen atoms in total. The van der Waals surface area contributed by atoms with Gasteiger partial charge in [-0.3, -0.25) is 4.79 Å². The third-order valence-corrected chi connectivity index (χ3v) is 7.02. The van der Waals surface area contributed by atoms with Gasteiger partial charge >= 0.3 is 0 Å². The van der Waals surface area contributed by atoms with Crippen LogP contribution in [-0.4, -0.2) is 28.0 Å². The Morgan fingerprint density at radius 1 is 1.00 bits per heavy atom. The Kier molecular flexibility index (Phi) is 8.10. The summed E-state index contributed by atoms with van der Waals surface area (Å²) in [4.78, 5) is 26.3. The zero-order chi connectivity index (χ0) is 27.2. The summed E-state index contributed by atoms with van der Waals surface area (Å²) in [6.45, 7) is 1.97. The van der Waals surface area contributed by atoms with Gasteiger partial charge in [0.15, 0.2) is 11.6 Å². The van der Waals surface area contributed by atoms with E-state index in [0.717, 1.165) is 12.8 Å². The molecule has 0 radical (unpaired) electrons. The van der Waals surface area contributed by atoms with Crippen LogP contribution >= 0.6 is 0 Å². The first kappa shape index (κ1) is 26.3. The highest BCUT2D eigenvalue weighted by Gasteiger charge is 2.20. The number of aromatic nitrogens is 3. The summed E-state index contributed by atoms with van der Waals surface area (Å²) in [6, 6.07) is 15.2. The Labute approximate surface area is 227 Å². The van der Waals surface area contributed by atoms with E-state index in [9.17, 15) is 9.18 Å². The van der Waals surface area contributed by atoms with E-state index in [1.807, 2.05) is 19.1 Å². The van der Waals surface area contributed by atoms with Gasteiger partial charge < -0.3 is 14.8 Å². The Hall–Kier alpha value is -4.33. The van der Waals surface area contributed by atoms with Crippen molar-refractivity contribution in [2.24, 2.45) is 0 Å². The third-order valence-electron chi connectivity index (χ3n) is 7.02. The van der Waals surface area contributed by atoms with Crippen LogP contribution in [0.15, 0.2) is 67.0 Å². The van der Waals surface area contributed by atoms with Gasteiger partial charge in [0, 0.05) is 24.4 Å². The van der Waals surface area contributed by atoms with E-state index in [1.54, 1.807) is 37.7 Å². The van der Waals surface area contributed by atoms with Gasteiger partial charge in [-0.25, -0.2) is 19.3 Å². The summed E-state index contributed by atoms with van der Waals surface area (Å²) in [5, 5.41) is 2.94. The van der Waals surface area contributed by atoms with Crippen molar-refractivity contribution in [3.63, 3.8) is 0 Å². The minimum atomic E-state index is -0.614. The maximum Gasteiger partial charge on any atom is 0.255 e. The van der Waals surface area contributed by atoms with E-state index in [4.69, 9.17) is 9.47 Å². The molecule has 0 bridgehead atoms. The number of benzene rings is 2. The fourth-order valence-electron chi connectivity index (χ4n) is 4.92. The van der Waals surface area contributed by atoms with E-state index in [2.05, 4.69) is 26.3 Å². The lowest BCUT2D eigenvalue weighted by Crippen LogP contribution is -2.14. The summed E-state index contributed by atoms with van der Waals surface area (Å²) in [6.07, 6.45) is 9.87. The van der Waals surface area contributed by atoms with Crippen LogP contribution in [0.4, 0.5) is 10.1 Å². The number of amides is 1. The Morgan fingerprint density at radius 2 is 1.85 bits per heavy atom. The molecule has 1 aliphatic rings. The molecule has 2 aromatic heterocycles. The average Bonchev–Trinajstić information content (AvgIpc) is 2.99. The monoisotopic (exact) mass is 526 g/mol. The van der Waals surface area contributed by atoms with Crippen molar-refractivity contribution in [1.29, 1.82) is 0 Å². The number of nitrogens with one attached hydrogen (secondary N) is 1. The number of carbonyl (C=O) groups is 1. The molecule has 0 unspecified atom stereocenters. The lowest BCUT2D eigenvalue weighted by molar-refractivity contribution is 0.102. The Morgan fingerprint density at radius 3 is 2.64 bits per heavy atom. The normalized spacial score (nSPS) is 13.6. The number of rotatable bonds is 8. The minimum absolute atomic E-state index is 0.115. The molecule has 1 amide bonds. The molecule has 4 aromatic rings. The molecule has 200 valence electrons. The number of hydrogen-bond acceptors (Lipinski definition) is 6. The van der Waals surface area contributed by atoms with Crippen molar-refractivity contribution in [1.82, 2.24) is 15.0 Å². The minimum Gasteiger partial charge on any atom is -0.495 e. The number of hydrogen-bond donors (Lipinski definition) is 1. The number of nitrogens with zero attached hydrogens (tertiary/aromatic N) is 3. The molecule has 1 N–H and O–H groups in total. The molecule has 1 fully saturated rings. The maximum absolute atomic E-state index is 14.8. The van der Waals surface area contributed by atoms with Crippen LogP contribution in [0.5, 0.6) is 17.4 Å². The molecule has 0 aliphatic heterocycles.